The van der Waals surface area contributed by atoms with Crippen LogP contribution in [0.15, 0.2) is 0 Å². The second-order valence-corrected chi connectivity index (χ2v) is 7.21. The summed E-state index contributed by atoms with van der Waals surface area (Å²) in [6.45, 7) is 1.73. The average Bonchev–Trinajstić information content (AvgIpc) is 2.95. The minimum Gasteiger partial charge on any atom is -0.469 e. The molecule has 0 aromatic heterocycles. The molecule has 0 aromatic rings. The molecule has 0 aromatic carbocycles. The summed E-state index contributed by atoms with van der Waals surface area (Å²) in [6.07, 6.45) is 2.13. The zero-order valence-electron chi connectivity index (χ0n) is 12.7. The van der Waals surface area contributed by atoms with Crippen molar-refractivity contribution in [3.8, 4) is 0 Å². The van der Waals surface area contributed by atoms with Gasteiger partial charge in [0, 0.05) is 6.54 Å². The Morgan fingerprint density at radius 1 is 1.19 bits per heavy atom. The van der Waals surface area contributed by atoms with Gasteiger partial charge in [-0.05, 0) is 19.3 Å². The van der Waals surface area contributed by atoms with Gasteiger partial charge in [-0.15, -0.1) is 0 Å². The predicted molar refractivity (Wildman–Crippen MR) is 75.9 cm³/mol. The number of carbonyl (C=O) groups is 2. The van der Waals surface area contributed by atoms with Gasteiger partial charge < -0.3 is 9.47 Å². The van der Waals surface area contributed by atoms with Crippen LogP contribution in [0.25, 0.3) is 0 Å². The highest BCUT2D eigenvalue weighted by Gasteiger charge is 2.45. The number of carbonyl (C=O) groups excluding carboxylic acids is 2. The molecule has 0 amide bonds. The fraction of sp³-hybridized carbons (Fsp3) is 0.846. The Labute approximate surface area is 125 Å². The topological polar surface area (TPSA) is 90.0 Å². The molecule has 0 heterocycles. The third-order valence-electron chi connectivity index (χ3n) is 3.71. The maximum Gasteiger partial charge on any atom is 0.321 e. The van der Waals surface area contributed by atoms with Crippen molar-refractivity contribution in [2.75, 3.05) is 27.3 Å². The van der Waals surface area contributed by atoms with Crippen LogP contribution in [0.3, 0.4) is 0 Å². The van der Waals surface area contributed by atoms with E-state index < -0.39 is 33.1 Å². The van der Waals surface area contributed by atoms with Gasteiger partial charge in [-0.3, -0.25) is 9.59 Å². The second-order valence-electron chi connectivity index (χ2n) is 5.05. The van der Waals surface area contributed by atoms with Crippen molar-refractivity contribution in [3.63, 3.8) is 0 Å². The lowest BCUT2D eigenvalue weighted by Crippen LogP contribution is -2.45. The number of esters is 2. The lowest BCUT2D eigenvalue weighted by atomic mass is 10.1. The average molecular weight is 321 g/mol. The summed E-state index contributed by atoms with van der Waals surface area (Å²) >= 11 is 0. The van der Waals surface area contributed by atoms with Crippen LogP contribution in [0.1, 0.15) is 32.6 Å². The van der Waals surface area contributed by atoms with E-state index in [-0.39, 0.29) is 13.1 Å². The third kappa shape index (κ3) is 4.16. The normalized spacial score (nSPS) is 22.3. The van der Waals surface area contributed by atoms with Gasteiger partial charge >= 0.3 is 11.9 Å². The van der Waals surface area contributed by atoms with Gasteiger partial charge in [0.1, 0.15) is 6.54 Å². The minimum absolute atomic E-state index is 0.224. The Morgan fingerprint density at radius 3 is 2.38 bits per heavy atom. The smallest absolute Gasteiger partial charge is 0.321 e. The fourth-order valence-electron chi connectivity index (χ4n) is 2.65. The Kier molecular flexibility index (Phi) is 6.60. The van der Waals surface area contributed by atoms with Gasteiger partial charge in [0.25, 0.3) is 0 Å². The minimum atomic E-state index is -3.74. The molecule has 0 saturated heterocycles. The summed E-state index contributed by atoms with van der Waals surface area (Å²) in [5.41, 5.74) is 0. The standard InChI is InChI=1S/C13H23NO6S/c1-4-8-14(9-12(15)19-2)21(17,18)11-7-5-6-10(11)13(16)20-3/h10-11H,4-9H2,1-3H3. The van der Waals surface area contributed by atoms with E-state index in [1.807, 2.05) is 6.92 Å². The maximum absolute atomic E-state index is 12.7. The van der Waals surface area contributed by atoms with E-state index in [1.54, 1.807) is 0 Å². The van der Waals surface area contributed by atoms with E-state index in [1.165, 1.54) is 14.2 Å². The van der Waals surface area contributed by atoms with Gasteiger partial charge in [0.15, 0.2) is 0 Å². The molecule has 2 unspecified atom stereocenters. The van der Waals surface area contributed by atoms with Crippen LogP contribution in [0.5, 0.6) is 0 Å². The first kappa shape index (κ1) is 17.9. The highest BCUT2D eigenvalue weighted by molar-refractivity contribution is 7.89. The lowest BCUT2D eigenvalue weighted by Gasteiger charge is -2.26. The SMILES string of the molecule is CCCN(CC(=O)OC)S(=O)(=O)C1CCCC1C(=O)OC. The van der Waals surface area contributed by atoms with Gasteiger partial charge in [-0.1, -0.05) is 13.3 Å². The van der Waals surface area contributed by atoms with Crippen LogP contribution in [0.2, 0.25) is 0 Å². The van der Waals surface area contributed by atoms with Crippen LogP contribution < -0.4 is 0 Å². The molecule has 122 valence electrons. The van der Waals surface area contributed by atoms with Gasteiger partial charge in [-0.25, -0.2) is 8.42 Å². The Bertz CT molecular complexity index is 475. The van der Waals surface area contributed by atoms with E-state index in [0.29, 0.717) is 25.7 Å². The lowest BCUT2D eigenvalue weighted by molar-refractivity contribution is -0.145. The van der Waals surface area contributed by atoms with E-state index in [9.17, 15) is 18.0 Å². The Balaban J connectivity index is 2.98. The highest BCUT2D eigenvalue weighted by atomic mass is 32.2. The molecule has 0 bridgehead atoms. The van der Waals surface area contributed by atoms with E-state index in [0.717, 1.165) is 4.31 Å². The predicted octanol–water partition coefficient (Wildman–Crippen LogP) is 0.543. The molecule has 1 fully saturated rings. The van der Waals surface area contributed by atoms with Crippen molar-refractivity contribution in [3.05, 3.63) is 0 Å². The summed E-state index contributed by atoms with van der Waals surface area (Å²) in [7, 11) is -1.27. The number of rotatable bonds is 7. The zero-order valence-corrected chi connectivity index (χ0v) is 13.5. The molecule has 7 nitrogen and oxygen atoms in total. The maximum atomic E-state index is 12.7. The van der Waals surface area contributed by atoms with Crippen molar-refractivity contribution in [2.45, 2.75) is 37.9 Å². The summed E-state index contributed by atoms with van der Waals surface area (Å²) in [6, 6.07) is 0. The third-order valence-corrected chi connectivity index (χ3v) is 6.07. The molecule has 21 heavy (non-hydrogen) atoms. The summed E-state index contributed by atoms with van der Waals surface area (Å²) < 4.78 is 35.8. The van der Waals surface area contributed by atoms with Gasteiger partial charge in [-0.2, -0.15) is 4.31 Å². The first-order valence-electron chi connectivity index (χ1n) is 7.02. The number of methoxy groups -OCH3 is 2. The van der Waals surface area contributed by atoms with Gasteiger partial charge in [0.2, 0.25) is 10.0 Å². The molecule has 8 heteroatoms. The molecule has 0 aliphatic heterocycles. The summed E-state index contributed by atoms with van der Waals surface area (Å²) in [5, 5.41) is -0.818. The van der Waals surface area contributed by atoms with E-state index >= 15 is 0 Å². The Morgan fingerprint density at radius 2 is 1.86 bits per heavy atom. The van der Waals surface area contributed by atoms with Crippen LogP contribution in [-0.2, 0) is 29.1 Å². The quantitative estimate of drug-likeness (QED) is 0.636. The van der Waals surface area contributed by atoms with E-state index in [2.05, 4.69) is 9.47 Å². The van der Waals surface area contributed by atoms with Crippen molar-refractivity contribution >= 4 is 22.0 Å². The highest BCUT2D eigenvalue weighted by Crippen LogP contribution is 2.33. The fourth-order valence-corrected chi connectivity index (χ4v) is 4.88. The molecule has 1 rings (SSSR count). The first-order valence-corrected chi connectivity index (χ1v) is 8.52. The molecule has 0 spiro atoms. The summed E-state index contributed by atoms with van der Waals surface area (Å²) in [5.74, 6) is -1.77. The summed E-state index contributed by atoms with van der Waals surface area (Å²) in [4.78, 5) is 23.1. The molecule has 1 saturated carbocycles. The Hall–Kier alpha value is -1.15. The van der Waals surface area contributed by atoms with Crippen molar-refractivity contribution in [1.82, 2.24) is 4.31 Å². The van der Waals surface area contributed by atoms with Crippen molar-refractivity contribution in [1.29, 1.82) is 0 Å². The molecule has 0 N–H and O–H groups in total. The number of nitrogens with zero attached hydrogens (tertiary/aromatic N) is 1. The van der Waals surface area contributed by atoms with E-state index in [4.69, 9.17) is 0 Å². The number of hydrogen-bond donors (Lipinski definition) is 0. The van der Waals surface area contributed by atoms with Crippen LogP contribution in [0, 0.1) is 5.92 Å². The van der Waals surface area contributed by atoms with Crippen LogP contribution in [-0.4, -0.2) is 57.2 Å². The molecular formula is C13H23NO6S. The van der Waals surface area contributed by atoms with Crippen molar-refractivity contribution < 1.29 is 27.5 Å². The molecule has 2 atom stereocenters. The molecule has 0 radical (unpaired) electrons. The zero-order chi connectivity index (χ0) is 16.0. The molecule has 1 aliphatic rings. The van der Waals surface area contributed by atoms with Gasteiger partial charge in [0.05, 0.1) is 25.4 Å². The number of hydrogen-bond acceptors (Lipinski definition) is 6. The van der Waals surface area contributed by atoms with Crippen LogP contribution >= 0.6 is 0 Å². The van der Waals surface area contributed by atoms with Crippen molar-refractivity contribution in [2.24, 2.45) is 5.92 Å². The monoisotopic (exact) mass is 321 g/mol. The molecular weight excluding hydrogens is 298 g/mol. The number of sulfonamides is 1. The van der Waals surface area contributed by atoms with Crippen LogP contribution in [0.4, 0.5) is 0 Å². The first-order chi connectivity index (χ1) is 9.88. The second kappa shape index (κ2) is 7.74. The number of ether oxygens (including phenoxy) is 2. The largest absolute Gasteiger partial charge is 0.469 e. The molecule has 1 aliphatic carbocycles.